The highest BCUT2D eigenvalue weighted by atomic mass is 32.2. The van der Waals surface area contributed by atoms with Gasteiger partial charge in [0.1, 0.15) is 17.5 Å². The van der Waals surface area contributed by atoms with Crippen molar-refractivity contribution in [2.45, 2.75) is 19.2 Å². The molecule has 0 aromatic heterocycles. The van der Waals surface area contributed by atoms with Gasteiger partial charge < -0.3 is 14.8 Å². The minimum Gasteiger partial charge on any atom is -0.382 e. The van der Waals surface area contributed by atoms with E-state index in [4.69, 9.17) is 9.47 Å². The van der Waals surface area contributed by atoms with Crippen molar-refractivity contribution in [1.82, 2.24) is 5.32 Å². The molecule has 33 heavy (non-hydrogen) atoms. The lowest BCUT2D eigenvalue weighted by Crippen LogP contribution is -2.28. The van der Waals surface area contributed by atoms with Crippen LogP contribution in [0.1, 0.15) is 33.8 Å². The van der Waals surface area contributed by atoms with Crippen molar-refractivity contribution < 1.29 is 28.2 Å². The van der Waals surface area contributed by atoms with E-state index in [2.05, 4.69) is 5.32 Å². The molecule has 1 saturated heterocycles. The first kappa shape index (κ1) is 26.5. The zero-order valence-electron chi connectivity index (χ0n) is 19.0. The van der Waals surface area contributed by atoms with Crippen molar-refractivity contribution in [3.8, 4) is 0 Å². The van der Waals surface area contributed by atoms with E-state index >= 15 is 0 Å². The predicted molar refractivity (Wildman–Crippen MR) is 127 cm³/mol. The zero-order chi connectivity index (χ0) is 24.2. The monoisotopic (exact) mass is 476 g/mol. The SMILES string of the molecule is COCCOCCNC(C)=O.Cc1cc(C=O)ccc1N1C(=O)CSC1c1ccc(F)cc1. The molecule has 1 heterocycles. The summed E-state index contributed by atoms with van der Waals surface area (Å²) in [5, 5.41) is 2.45. The highest BCUT2D eigenvalue weighted by molar-refractivity contribution is 8.00. The Hall–Kier alpha value is -2.75. The third-order valence-electron chi connectivity index (χ3n) is 4.69. The molecule has 2 aromatic rings. The smallest absolute Gasteiger partial charge is 0.238 e. The molecule has 9 heteroatoms. The van der Waals surface area contributed by atoms with E-state index in [-0.39, 0.29) is 23.0 Å². The first-order valence-electron chi connectivity index (χ1n) is 10.4. The van der Waals surface area contributed by atoms with Crippen molar-refractivity contribution in [1.29, 1.82) is 0 Å². The van der Waals surface area contributed by atoms with Gasteiger partial charge in [0.2, 0.25) is 11.8 Å². The van der Waals surface area contributed by atoms with Gasteiger partial charge in [-0.3, -0.25) is 19.3 Å². The first-order valence-corrected chi connectivity index (χ1v) is 11.5. The summed E-state index contributed by atoms with van der Waals surface area (Å²) in [4.78, 5) is 35.2. The summed E-state index contributed by atoms with van der Waals surface area (Å²) in [7, 11) is 1.62. The molecule has 1 atom stereocenters. The molecule has 1 aliphatic rings. The molecule has 0 aliphatic carbocycles. The van der Waals surface area contributed by atoms with Crippen LogP contribution >= 0.6 is 11.8 Å². The third kappa shape index (κ3) is 8.27. The number of aryl methyl sites for hydroxylation is 1. The van der Waals surface area contributed by atoms with E-state index in [1.165, 1.54) is 30.8 Å². The number of amides is 2. The van der Waals surface area contributed by atoms with Crippen LogP contribution in [-0.4, -0.2) is 57.3 Å². The van der Waals surface area contributed by atoms with Crippen LogP contribution in [0.5, 0.6) is 0 Å². The molecule has 0 saturated carbocycles. The number of carbonyl (C=O) groups excluding carboxylic acids is 3. The number of nitrogens with one attached hydrogen (secondary N) is 1. The van der Waals surface area contributed by atoms with Crippen LogP contribution in [0, 0.1) is 12.7 Å². The van der Waals surface area contributed by atoms with Gasteiger partial charge in [0.15, 0.2) is 0 Å². The highest BCUT2D eigenvalue weighted by Gasteiger charge is 2.34. The second-order valence-corrected chi connectivity index (χ2v) is 8.30. The Morgan fingerprint density at radius 2 is 1.94 bits per heavy atom. The number of hydrogen-bond acceptors (Lipinski definition) is 6. The lowest BCUT2D eigenvalue weighted by Gasteiger charge is -2.26. The number of ether oxygens (including phenoxy) is 2. The maximum atomic E-state index is 13.1. The van der Waals surface area contributed by atoms with Crippen LogP contribution in [0.3, 0.4) is 0 Å². The van der Waals surface area contributed by atoms with Gasteiger partial charge in [-0.1, -0.05) is 12.1 Å². The van der Waals surface area contributed by atoms with E-state index in [1.54, 1.807) is 42.3 Å². The van der Waals surface area contributed by atoms with Gasteiger partial charge in [-0.05, 0) is 48.4 Å². The molecule has 178 valence electrons. The Kier molecular flexibility index (Phi) is 11.0. The van der Waals surface area contributed by atoms with Gasteiger partial charge in [0, 0.05) is 31.8 Å². The minimum atomic E-state index is -0.295. The number of nitrogens with zero attached hydrogens (tertiary/aromatic N) is 1. The van der Waals surface area contributed by atoms with Gasteiger partial charge in [0.05, 0.1) is 25.6 Å². The maximum absolute atomic E-state index is 13.1. The number of rotatable bonds is 9. The quantitative estimate of drug-likeness (QED) is 0.440. The fraction of sp³-hybridized carbons (Fsp3) is 0.375. The molecule has 2 aromatic carbocycles. The summed E-state index contributed by atoms with van der Waals surface area (Å²) in [5.74, 6) is 0.0782. The molecular weight excluding hydrogens is 447 g/mol. The van der Waals surface area contributed by atoms with Crippen molar-refractivity contribution in [3.63, 3.8) is 0 Å². The molecule has 3 rings (SSSR count). The topological polar surface area (TPSA) is 84.9 Å². The minimum absolute atomic E-state index is 0.0151. The number of halogens is 1. The third-order valence-corrected chi connectivity index (χ3v) is 5.90. The molecular formula is C24H29FN2O5S. The molecule has 1 aliphatic heterocycles. The number of methoxy groups -OCH3 is 1. The average molecular weight is 477 g/mol. The second-order valence-electron chi connectivity index (χ2n) is 7.23. The van der Waals surface area contributed by atoms with Gasteiger partial charge in [-0.2, -0.15) is 0 Å². The van der Waals surface area contributed by atoms with Crippen molar-refractivity contribution in [3.05, 3.63) is 65.0 Å². The number of aldehydes is 1. The van der Waals surface area contributed by atoms with Crippen LogP contribution in [0.4, 0.5) is 10.1 Å². The largest absolute Gasteiger partial charge is 0.382 e. The van der Waals surface area contributed by atoms with E-state index < -0.39 is 0 Å². The number of anilines is 1. The van der Waals surface area contributed by atoms with Crippen molar-refractivity contribution in [2.24, 2.45) is 0 Å². The average Bonchev–Trinajstić information content (AvgIpc) is 3.18. The molecule has 1 N–H and O–H groups in total. The second kappa shape index (κ2) is 13.7. The molecule has 0 radical (unpaired) electrons. The highest BCUT2D eigenvalue weighted by Crippen LogP contribution is 2.42. The molecule has 7 nitrogen and oxygen atoms in total. The number of benzene rings is 2. The Morgan fingerprint density at radius 1 is 1.21 bits per heavy atom. The van der Waals surface area contributed by atoms with E-state index in [0.717, 1.165) is 23.1 Å². The fourth-order valence-corrected chi connectivity index (χ4v) is 4.29. The maximum Gasteiger partial charge on any atom is 0.238 e. The standard InChI is InChI=1S/C17H14FNO2S.C7H15NO3/c1-11-8-12(9-20)2-7-15(11)19-16(21)10-22-17(19)13-3-5-14(18)6-4-13;1-7(9)8-3-4-11-6-5-10-2/h2-9,17H,10H2,1H3;3-6H2,1-2H3,(H,8,9). The fourth-order valence-electron chi connectivity index (χ4n) is 3.12. The summed E-state index contributed by atoms with van der Waals surface area (Å²) >= 11 is 1.52. The van der Waals surface area contributed by atoms with Gasteiger partial charge in [0.25, 0.3) is 0 Å². The van der Waals surface area contributed by atoms with Crippen LogP contribution in [0.2, 0.25) is 0 Å². The van der Waals surface area contributed by atoms with E-state index in [1.807, 2.05) is 6.92 Å². The predicted octanol–water partition coefficient (Wildman–Crippen LogP) is 3.51. The van der Waals surface area contributed by atoms with Crippen LogP contribution in [0.25, 0.3) is 0 Å². The Bertz CT molecular complexity index is 939. The van der Waals surface area contributed by atoms with Gasteiger partial charge in [-0.25, -0.2) is 4.39 Å². The molecule has 0 bridgehead atoms. The summed E-state index contributed by atoms with van der Waals surface area (Å²) in [6, 6.07) is 11.5. The molecule has 1 fully saturated rings. The van der Waals surface area contributed by atoms with Crippen molar-refractivity contribution >= 4 is 35.5 Å². The van der Waals surface area contributed by atoms with E-state index in [0.29, 0.717) is 37.7 Å². The molecule has 1 unspecified atom stereocenters. The number of thioether (sulfide) groups is 1. The summed E-state index contributed by atoms with van der Waals surface area (Å²) in [6.45, 7) is 5.65. The number of hydrogen-bond donors (Lipinski definition) is 1. The van der Waals surface area contributed by atoms with Gasteiger partial charge >= 0.3 is 0 Å². The van der Waals surface area contributed by atoms with Crippen LogP contribution in [0.15, 0.2) is 42.5 Å². The zero-order valence-corrected chi connectivity index (χ0v) is 19.8. The Labute approximate surface area is 197 Å². The van der Waals surface area contributed by atoms with E-state index in [9.17, 15) is 18.8 Å². The summed E-state index contributed by atoms with van der Waals surface area (Å²) in [6.07, 6.45) is 0.786. The molecule has 0 spiro atoms. The lowest BCUT2D eigenvalue weighted by atomic mass is 10.1. The molecule has 2 amide bonds. The van der Waals surface area contributed by atoms with Crippen molar-refractivity contribution in [2.75, 3.05) is 44.1 Å². The Balaban J connectivity index is 0.000000299. The Morgan fingerprint density at radius 3 is 2.55 bits per heavy atom. The van der Waals surface area contributed by atoms with Gasteiger partial charge in [-0.15, -0.1) is 11.8 Å². The summed E-state index contributed by atoms with van der Waals surface area (Å²) in [5.41, 5.74) is 3.12. The normalized spacial score (nSPS) is 15.1. The number of carbonyl (C=O) groups is 3. The first-order chi connectivity index (χ1) is 15.9. The summed E-state index contributed by atoms with van der Waals surface area (Å²) < 4.78 is 22.9. The van der Waals surface area contributed by atoms with Crippen LogP contribution < -0.4 is 10.2 Å². The van der Waals surface area contributed by atoms with Crippen LogP contribution in [-0.2, 0) is 19.1 Å². The lowest BCUT2D eigenvalue weighted by molar-refractivity contribution is -0.119.